The van der Waals surface area contributed by atoms with Crippen LogP contribution < -0.4 is 4.74 Å². The van der Waals surface area contributed by atoms with Gasteiger partial charge in [-0.05, 0) is 79.2 Å². The molecule has 0 heterocycles. The van der Waals surface area contributed by atoms with E-state index in [4.69, 9.17) is 4.74 Å². The third-order valence-corrected chi connectivity index (χ3v) is 6.85. The standard InChI is InChI=1S/C21H28O2/c1-4-13-11-15(23-3)12-14-5-6-16-17(20(13)14)9-10-21(2)18(16)7-8-19(21)22/h7,11-12,16-17,19,22H,4-6,8-10H2,1-3H3/t16-,17+,19?,21+/m1/s1. The summed E-state index contributed by atoms with van der Waals surface area (Å²) < 4.78 is 5.51. The van der Waals surface area contributed by atoms with Gasteiger partial charge >= 0.3 is 0 Å². The Morgan fingerprint density at radius 3 is 2.83 bits per heavy atom. The Morgan fingerprint density at radius 2 is 2.09 bits per heavy atom. The molecule has 4 rings (SSSR count). The van der Waals surface area contributed by atoms with E-state index >= 15 is 0 Å². The number of ether oxygens (including phenoxy) is 1. The van der Waals surface area contributed by atoms with Crippen LogP contribution in [0.25, 0.3) is 0 Å². The van der Waals surface area contributed by atoms with Crippen LogP contribution in [-0.2, 0) is 12.8 Å². The Hall–Kier alpha value is -1.28. The number of aryl methyl sites for hydroxylation is 2. The van der Waals surface area contributed by atoms with Crippen LogP contribution in [0.5, 0.6) is 5.75 Å². The lowest BCUT2D eigenvalue weighted by atomic mass is 9.57. The molecule has 1 aromatic carbocycles. The molecule has 0 spiro atoms. The molecule has 3 aliphatic rings. The Labute approximate surface area is 139 Å². The number of hydrogen-bond donors (Lipinski definition) is 1. The van der Waals surface area contributed by atoms with Crippen molar-refractivity contribution in [2.24, 2.45) is 11.3 Å². The van der Waals surface area contributed by atoms with Gasteiger partial charge in [0.2, 0.25) is 0 Å². The highest BCUT2D eigenvalue weighted by Gasteiger charge is 2.50. The second-order valence-corrected chi connectivity index (χ2v) is 7.83. The first-order valence-corrected chi connectivity index (χ1v) is 9.16. The molecule has 0 bridgehead atoms. The van der Waals surface area contributed by atoms with Crippen molar-refractivity contribution in [3.05, 3.63) is 40.5 Å². The molecule has 2 heteroatoms. The Kier molecular flexibility index (Phi) is 3.57. The molecule has 0 aliphatic heterocycles. The van der Waals surface area contributed by atoms with Crippen molar-refractivity contribution in [1.29, 1.82) is 0 Å². The van der Waals surface area contributed by atoms with E-state index in [1.54, 1.807) is 18.2 Å². The van der Waals surface area contributed by atoms with Crippen molar-refractivity contribution < 1.29 is 9.84 Å². The number of hydrogen-bond acceptors (Lipinski definition) is 2. The second-order valence-electron chi connectivity index (χ2n) is 7.83. The molecular weight excluding hydrogens is 284 g/mol. The van der Waals surface area contributed by atoms with Crippen molar-refractivity contribution in [3.63, 3.8) is 0 Å². The zero-order valence-electron chi connectivity index (χ0n) is 14.6. The monoisotopic (exact) mass is 312 g/mol. The number of aliphatic hydroxyl groups is 1. The second kappa shape index (κ2) is 5.37. The summed E-state index contributed by atoms with van der Waals surface area (Å²) >= 11 is 0. The fourth-order valence-electron chi connectivity index (χ4n) is 5.54. The lowest BCUT2D eigenvalue weighted by Gasteiger charge is -2.48. The van der Waals surface area contributed by atoms with Crippen LogP contribution in [0.2, 0.25) is 0 Å². The Balaban J connectivity index is 1.78. The summed E-state index contributed by atoms with van der Waals surface area (Å²) in [6.45, 7) is 4.54. The van der Waals surface area contributed by atoms with Gasteiger partial charge in [-0.3, -0.25) is 0 Å². The summed E-state index contributed by atoms with van der Waals surface area (Å²) in [4.78, 5) is 0. The van der Waals surface area contributed by atoms with E-state index in [1.807, 2.05) is 0 Å². The van der Waals surface area contributed by atoms with Gasteiger partial charge in [0.05, 0.1) is 13.2 Å². The molecule has 0 aromatic heterocycles. The van der Waals surface area contributed by atoms with Crippen molar-refractivity contribution in [3.8, 4) is 5.75 Å². The highest BCUT2D eigenvalue weighted by Crippen LogP contribution is 2.59. The number of aliphatic hydroxyl groups excluding tert-OH is 1. The highest BCUT2D eigenvalue weighted by molar-refractivity contribution is 5.48. The molecule has 1 saturated carbocycles. The largest absolute Gasteiger partial charge is 0.497 e. The fraction of sp³-hybridized carbons (Fsp3) is 0.619. The average molecular weight is 312 g/mol. The maximum absolute atomic E-state index is 10.5. The number of methoxy groups -OCH3 is 1. The van der Waals surface area contributed by atoms with Gasteiger partial charge in [-0.1, -0.05) is 25.5 Å². The summed E-state index contributed by atoms with van der Waals surface area (Å²) in [6, 6.07) is 4.50. The van der Waals surface area contributed by atoms with E-state index in [0.717, 1.165) is 31.4 Å². The van der Waals surface area contributed by atoms with Crippen LogP contribution in [0.3, 0.4) is 0 Å². The third-order valence-electron chi connectivity index (χ3n) is 6.85. The van der Waals surface area contributed by atoms with Crippen LogP contribution in [0.1, 0.15) is 62.1 Å². The summed E-state index contributed by atoms with van der Waals surface area (Å²) in [5, 5.41) is 10.5. The van der Waals surface area contributed by atoms with Crippen LogP contribution in [0.4, 0.5) is 0 Å². The van der Waals surface area contributed by atoms with Crippen LogP contribution in [0, 0.1) is 11.3 Å². The molecule has 1 unspecified atom stereocenters. The average Bonchev–Trinajstić information content (AvgIpc) is 2.88. The summed E-state index contributed by atoms with van der Waals surface area (Å²) in [7, 11) is 1.77. The lowest BCUT2D eigenvalue weighted by Crippen LogP contribution is -2.40. The molecule has 4 atom stereocenters. The van der Waals surface area contributed by atoms with Crippen LogP contribution in [0.15, 0.2) is 23.8 Å². The van der Waals surface area contributed by atoms with E-state index in [-0.39, 0.29) is 11.5 Å². The van der Waals surface area contributed by atoms with E-state index in [1.165, 1.54) is 24.0 Å². The van der Waals surface area contributed by atoms with Gasteiger partial charge in [0, 0.05) is 5.41 Å². The van der Waals surface area contributed by atoms with E-state index in [0.29, 0.717) is 11.8 Å². The minimum absolute atomic E-state index is 0.0392. The van der Waals surface area contributed by atoms with Gasteiger partial charge in [0.15, 0.2) is 0 Å². The summed E-state index contributed by atoms with van der Waals surface area (Å²) in [6.07, 6.45) is 8.82. The molecule has 1 N–H and O–H groups in total. The minimum atomic E-state index is -0.165. The van der Waals surface area contributed by atoms with Gasteiger partial charge in [0.1, 0.15) is 5.75 Å². The van der Waals surface area contributed by atoms with Crippen molar-refractivity contribution in [2.75, 3.05) is 7.11 Å². The first-order valence-electron chi connectivity index (χ1n) is 9.16. The molecule has 2 nitrogen and oxygen atoms in total. The van der Waals surface area contributed by atoms with Gasteiger partial charge in [-0.25, -0.2) is 0 Å². The molecular formula is C21H28O2. The maximum Gasteiger partial charge on any atom is 0.119 e. The predicted molar refractivity (Wildman–Crippen MR) is 93.0 cm³/mol. The highest BCUT2D eigenvalue weighted by atomic mass is 16.5. The van der Waals surface area contributed by atoms with Crippen molar-refractivity contribution in [2.45, 2.75) is 64.4 Å². The summed E-state index contributed by atoms with van der Waals surface area (Å²) in [5.41, 5.74) is 6.18. The first-order chi connectivity index (χ1) is 11.1. The van der Waals surface area contributed by atoms with Crippen LogP contribution >= 0.6 is 0 Å². The lowest BCUT2D eigenvalue weighted by molar-refractivity contribution is 0.0470. The maximum atomic E-state index is 10.5. The SMILES string of the molecule is CCc1cc(OC)cc2c1[C@H]1CC[C@@]3(C)C(=CCC3O)[C@@H]1CC2. The topological polar surface area (TPSA) is 29.5 Å². The molecule has 1 fully saturated rings. The van der Waals surface area contributed by atoms with Gasteiger partial charge < -0.3 is 9.84 Å². The normalized spacial score (nSPS) is 35.1. The van der Waals surface area contributed by atoms with E-state index < -0.39 is 0 Å². The van der Waals surface area contributed by atoms with Gasteiger partial charge in [0.25, 0.3) is 0 Å². The molecule has 124 valence electrons. The molecule has 0 radical (unpaired) electrons. The molecule has 0 saturated heterocycles. The first kappa shape index (κ1) is 15.3. The van der Waals surface area contributed by atoms with E-state index in [2.05, 4.69) is 32.1 Å². The van der Waals surface area contributed by atoms with E-state index in [9.17, 15) is 5.11 Å². The number of rotatable bonds is 2. The zero-order valence-corrected chi connectivity index (χ0v) is 14.6. The van der Waals surface area contributed by atoms with Crippen molar-refractivity contribution >= 4 is 0 Å². The predicted octanol–water partition coefficient (Wildman–Crippen LogP) is 4.39. The number of fused-ring (bicyclic) bond motifs is 5. The van der Waals surface area contributed by atoms with Gasteiger partial charge in [-0.15, -0.1) is 0 Å². The van der Waals surface area contributed by atoms with Crippen molar-refractivity contribution in [1.82, 2.24) is 0 Å². The van der Waals surface area contributed by atoms with Gasteiger partial charge in [-0.2, -0.15) is 0 Å². The smallest absolute Gasteiger partial charge is 0.119 e. The molecule has 23 heavy (non-hydrogen) atoms. The third kappa shape index (κ3) is 2.11. The number of benzene rings is 1. The minimum Gasteiger partial charge on any atom is -0.497 e. The quantitative estimate of drug-likeness (QED) is 0.820. The molecule has 0 amide bonds. The van der Waals surface area contributed by atoms with Crippen LogP contribution in [-0.4, -0.2) is 18.3 Å². The molecule has 1 aromatic rings. The summed E-state index contributed by atoms with van der Waals surface area (Å²) in [5.74, 6) is 2.29. The zero-order chi connectivity index (χ0) is 16.2. The molecule has 3 aliphatic carbocycles. The Morgan fingerprint density at radius 1 is 1.26 bits per heavy atom. The Bertz CT molecular complexity index is 643. The fourth-order valence-corrected chi connectivity index (χ4v) is 5.54.